The third-order valence-corrected chi connectivity index (χ3v) is 2.38. The van der Waals surface area contributed by atoms with E-state index in [2.05, 4.69) is 20.8 Å². The summed E-state index contributed by atoms with van der Waals surface area (Å²) in [6.07, 6.45) is 6.06. The highest BCUT2D eigenvalue weighted by molar-refractivity contribution is 5.39. The van der Waals surface area contributed by atoms with Crippen LogP contribution in [0.3, 0.4) is 0 Å². The lowest BCUT2D eigenvalue weighted by Gasteiger charge is -2.30. The van der Waals surface area contributed by atoms with Crippen LogP contribution in [-0.4, -0.2) is 12.1 Å². The van der Waals surface area contributed by atoms with E-state index >= 15 is 0 Å². The largest absolute Gasteiger partial charge is 0.451 e. The van der Waals surface area contributed by atoms with Gasteiger partial charge in [0.1, 0.15) is 5.60 Å². The molecule has 0 aliphatic heterocycles. The lowest BCUT2D eigenvalue weighted by Crippen LogP contribution is -2.31. The van der Waals surface area contributed by atoms with Gasteiger partial charge in [0.15, 0.2) is 0 Å². The molecule has 1 radical (unpaired) electrons. The van der Waals surface area contributed by atoms with Crippen LogP contribution in [0.4, 0.5) is 0 Å². The highest BCUT2D eigenvalue weighted by Gasteiger charge is 2.29. The SMILES string of the molecule is CCCC(CCC)(CCC)O[C]=O. The van der Waals surface area contributed by atoms with Gasteiger partial charge in [-0.25, -0.2) is 4.79 Å². The van der Waals surface area contributed by atoms with Crippen LogP contribution in [-0.2, 0) is 9.53 Å². The molecule has 0 N–H and O–H groups in total. The topological polar surface area (TPSA) is 26.3 Å². The fourth-order valence-electron chi connectivity index (χ4n) is 1.98. The molecule has 2 heteroatoms. The molecule has 0 saturated carbocycles. The molecule has 0 aromatic carbocycles. The summed E-state index contributed by atoms with van der Waals surface area (Å²) in [6, 6.07) is 0. The summed E-state index contributed by atoms with van der Waals surface area (Å²) in [5, 5.41) is 0. The van der Waals surface area contributed by atoms with Gasteiger partial charge in [-0.2, -0.15) is 0 Å². The van der Waals surface area contributed by atoms with Crippen molar-refractivity contribution < 1.29 is 9.53 Å². The summed E-state index contributed by atoms with van der Waals surface area (Å²) in [5.74, 6) is 0. The highest BCUT2D eigenvalue weighted by atomic mass is 16.5. The second kappa shape index (κ2) is 6.93. The van der Waals surface area contributed by atoms with Crippen molar-refractivity contribution in [2.24, 2.45) is 0 Å². The first-order valence-electron chi connectivity index (χ1n) is 5.29. The molecule has 0 rings (SSSR count). The quantitative estimate of drug-likeness (QED) is 0.580. The van der Waals surface area contributed by atoms with Crippen LogP contribution in [0.5, 0.6) is 0 Å². The second-order valence-corrected chi connectivity index (χ2v) is 3.62. The Morgan fingerprint density at radius 2 is 1.38 bits per heavy atom. The predicted octanol–water partition coefficient (Wildman–Crippen LogP) is 3.21. The minimum absolute atomic E-state index is 0.222. The molecule has 2 nitrogen and oxygen atoms in total. The van der Waals surface area contributed by atoms with Gasteiger partial charge < -0.3 is 4.74 Å². The lowest BCUT2D eigenvalue weighted by atomic mass is 9.88. The van der Waals surface area contributed by atoms with Gasteiger partial charge in [0, 0.05) is 0 Å². The number of rotatable bonds is 8. The molecule has 13 heavy (non-hydrogen) atoms. The first-order chi connectivity index (χ1) is 6.24. The first-order valence-corrected chi connectivity index (χ1v) is 5.29. The van der Waals surface area contributed by atoms with Crippen molar-refractivity contribution in [3.05, 3.63) is 0 Å². The monoisotopic (exact) mass is 185 g/mol. The maximum Gasteiger partial charge on any atom is 0.418 e. The Morgan fingerprint density at radius 1 is 1.00 bits per heavy atom. The van der Waals surface area contributed by atoms with Crippen molar-refractivity contribution in [3.8, 4) is 0 Å². The molecule has 0 amide bonds. The van der Waals surface area contributed by atoms with Crippen LogP contribution in [0.25, 0.3) is 0 Å². The molecule has 0 aliphatic rings. The minimum Gasteiger partial charge on any atom is -0.451 e. The number of carbonyl (C=O) groups excluding carboxylic acids is 1. The summed E-state index contributed by atoms with van der Waals surface area (Å²) in [7, 11) is 0. The molecular formula is C11H21O2. The number of hydrogen-bond acceptors (Lipinski definition) is 2. The summed E-state index contributed by atoms with van der Waals surface area (Å²) in [4.78, 5) is 10.3. The van der Waals surface area contributed by atoms with Gasteiger partial charge in [0.25, 0.3) is 0 Å². The Bertz CT molecular complexity index is 115. The van der Waals surface area contributed by atoms with Crippen molar-refractivity contribution in [3.63, 3.8) is 0 Å². The zero-order valence-electron chi connectivity index (χ0n) is 9.06. The average Bonchev–Trinajstić information content (AvgIpc) is 2.06. The van der Waals surface area contributed by atoms with E-state index in [9.17, 15) is 4.79 Å². The molecule has 0 unspecified atom stereocenters. The Hall–Kier alpha value is -0.530. The molecule has 0 fully saturated rings. The molecule has 0 bridgehead atoms. The van der Waals surface area contributed by atoms with Crippen molar-refractivity contribution in [1.82, 2.24) is 0 Å². The third-order valence-electron chi connectivity index (χ3n) is 2.38. The third kappa shape index (κ3) is 4.30. The zero-order valence-corrected chi connectivity index (χ0v) is 9.06. The van der Waals surface area contributed by atoms with E-state index in [1.165, 1.54) is 0 Å². The van der Waals surface area contributed by atoms with Gasteiger partial charge in [-0.05, 0) is 19.3 Å². The fraction of sp³-hybridized carbons (Fsp3) is 0.909. The number of hydrogen-bond donors (Lipinski definition) is 0. The van der Waals surface area contributed by atoms with Crippen LogP contribution in [0.2, 0.25) is 0 Å². The molecule has 0 atom stereocenters. The summed E-state index contributed by atoms with van der Waals surface area (Å²) in [6.45, 7) is 7.97. The maximum atomic E-state index is 10.3. The van der Waals surface area contributed by atoms with Crippen molar-refractivity contribution in [2.75, 3.05) is 0 Å². The highest BCUT2D eigenvalue weighted by Crippen LogP contribution is 2.28. The standard InChI is InChI=1S/C11H21O2/c1-4-7-11(8-5-2,9-6-3)13-10-12/h4-9H2,1-3H3. The van der Waals surface area contributed by atoms with E-state index in [0.717, 1.165) is 38.5 Å². The number of ether oxygens (including phenoxy) is 1. The first kappa shape index (κ1) is 12.5. The van der Waals surface area contributed by atoms with Gasteiger partial charge in [-0.3, -0.25) is 0 Å². The van der Waals surface area contributed by atoms with E-state index in [1.54, 1.807) is 6.47 Å². The Balaban J connectivity index is 4.27. The molecule has 0 spiro atoms. The van der Waals surface area contributed by atoms with Crippen LogP contribution < -0.4 is 0 Å². The molecule has 0 aromatic rings. The smallest absolute Gasteiger partial charge is 0.418 e. The van der Waals surface area contributed by atoms with E-state index in [4.69, 9.17) is 4.74 Å². The normalized spacial score (nSPS) is 11.3. The minimum atomic E-state index is -0.222. The van der Waals surface area contributed by atoms with Gasteiger partial charge in [-0.15, -0.1) is 0 Å². The van der Waals surface area contributed by atoms with E-state index in [0.29, 0.717) is 0 Å². The van der Waals surface area contributed by atoms with Gasteiger partial charge >= 0.3 is 6.47 Å². The van der Waals surface area contributed by atoms with Crippen LogP contribution in [0.1, 0.15) is 59.3 Å². The van der Waals surface area contributed by atoms with E-state index < -0.39 is 0 Å². The molecule has 0 heterocycles. The van der Waals surface area contributed by atoms with Gasteiger partial charge in [0.2, 0.25) is 0 Å². The van der Waals surface area contributed by atoms with Gasteiger partial charge in [-0.1, -0.05) is 40.0 Å². The molecular weight excluding hydrogens is 164 g/mol. The predicted molar refractivity (Wildman–Crippen MR) is 54.2 cm³/mol. The Labute approximate surface area is 81.7 Å². The van der Waals surface area contributed by atoms with Crippen molar-refractivity contribution in [1.29, 1.82) is 0 Å². The van der Waals surface area contributed by atoms with E-state index in [-0.39, 0.29) is 5.60 Å². The Kier molecular flexibility index (Phi) is 6.65. The van der Waals surface area contributed by atoms with Crippen LogP contribution in [0, 0.1) is 0 Å². The molecule has 77 valence electrons. The van der Waals surface area contributed by atoms with Gasteiger partial charge in [0.05, 0.1) is 0 Å². The lowest BCUT2D eigenvalue weighted by molar-refractivity contribution is 0.0232. The fourth-order valence-corrected chi connectivity index (χ4v) is 1.98. The summed E-state index contributed by atoms with van der Waals surface area (Å²) < 4.78 is 5.15. The maximum absolute atomic E-state index is 10.3. The van der Waals surface area contributed by atoms with Crippen molar-refractivity contribution >= 4 is 6.47 Å². The molecule has 0 saturated heterocycles. The second-order valence-electron chi connectivity index (χ2n) is 3.62. The molecule has 0 aliphatic carbocycles. The van der Waals surface area contributed by atoms with E-state index in [1.807, 2.05) is 0 Å². The zero-order chi connectivity index (χ0) is 10.2. The Morgan fingerprint density at radius 3 is 1.62 bits per heavy atom. The van der Waals surface area contributed by atoms with Crippen LogP contribution in [0.15, 0.2) is 0 Å². The molecule has 0 aromatic heterocycles. The van der Waals surface area contributed by atoms with Crippen molar-refractivity contribution in [2.45, 2.75) is 64.9 Å². The summed E-state index contributed by atoms with van der Waals surface area (Å²) in [5.41, 5.74) is -0.222. The average molecular weight is 185 g/mol. The summed E-state index contributed by atoms with van der Waals surface area (Å²) >= 11 is 0. The van der Waals surface area contributed by atoms with Crippen LogP contribution >= 0.6 is 0 Å².